The molecule has 118 valence electrons. The van der Waals surface area contributed by atoms with E-state index in [2.05, 4.69) is 43.8 Å². The first kappa shape index (κ1) is 16.1. The lowest BCUT2D eigenvalue weighted by Crippen LogP contribution is -2.37. The topological polar surface area (TPSA) is 25.4 Å². The van der Waals surface area contributed by atoms with Crippen molar-refractivity contribution in [2.24, 2.45) is 11.3 Å². The summed E-state index contributed by atoms with van der Waals surface area (Å²) in [6.45, 7) is 9.12. The molecule has 0 N–H and O–H groups in total. The summed E-state index contributed by atoms with van der Waals surface area (Å²) in [5.74, 6) is 1.76. The molecule has 3 nitrogen and oxygen atoms in total. The van der Waals surface area contributed by atoms with Crippen LogP contribution in [0.25, 0.3) is 0 Å². The van der Waals surface area contributed by atoms with Crippen LogP contribution in [0.5, 0.6) is 5.75 Å². The number of methoxy groups -OCH3 is 1. The number of pyridine rings is 1. The summed E-state index contributed by atoms with van der Waals surface area (Å²) in [5.41, 5.74) is 2.57. The third kappa shape index (κ3) is 3.50. The van der Waals surface area contributed by atoms with Gasteiger partial charge in [-0.1, -0.05) is 20.8 Å². The fraction of sp³-hybridized carbons (Fsp3) is 0.722. The van der Waals surface area contributed by atoms with Gasteiger partial charge in [-0.15, -0.1) is 0 Å². The lowest BCUT2D eigenvalue weighted by atomic mass is 9.71. The van der Waals surface area contributed by atoms with Crippen molar-refractivity contribution in [3.63, 3.8) is 0 Å². The maximum absolute atomic E-state index is 5.56. The second-order valence-electron chi connectivity index (χ2n) is 7.43. The molecule has 0 unspecified atom stereocenters. The maximum Gasteiger partial charge on any atom is 0.163 e. The summed E-state index contributed by atoms with van der Waals surface area (Å²) in [4.78, 5) is 6.73. The van der Waals surface area contributed by atoms with Gasteiger partial charge >= 0.3 is 0 Å². The normalized spacial score (nSPS) is 23.0. The van der Waals surface area contributed by atoms with Crippen LogP contribution in [0.4, 0.5) is 5.69 Å². The van der Waals surface area contributed by atoms with Gasteiger partial charge in [-0.3, -0.25) is 4.98 Å². The molecular weight excluding hydrogens is 260 g/mol. The number of aryl methyl sites for hydroxylation is 1. The molecule has 1 aliphatic rings. The summed E-state index contributed by atoms with van der Waals surface area (Å²) in [7, 11) is 3.93. The average Bonchev–Trinajstić information content (AvgIpc) is 2.45. The largest absolute Gasteiger partial charge is 0.493 e. The molecule has 0 bridgehead atoms. The van der Waals surface area contributed by atoms with Gasteiger partial charge < -0.3 is 9.64 Å². The zero-order chi connectivity index (χ0) is 15.6. The number of nitrogens with zero attached hydrogens (tertiary/aromatic N) is 2. The van der Waals surface area contributed by atoms with Crippen LogP contribution in [0.15, 0.2) is 12.3 Å². The molecule has 3 heteroatoms. The number of ether oxygens (including phenoxy) is 1. The Morgan fingerprint density at radius 2 is 1.81 bits per heavy atom. The molecule has 0 spiro atoms. The molecule has 1 fully saturated rings. The minimum absolute atomic E-state index is 0.439. The Labute approximate surface area is 129 Å². The van der Waals surface area contributed by atoms with Gasteiger partial charge in [-0.25, -0.2) is 0 Å². The van der Waals surface area contributed by atoms with Crippen molar-refractivity contribution >= 4 is 5.69 Å². The van der Waals surface area contributed by atoms with E-state index in [1.807, 2.05) is 13.1 Å². The highest BCUT2D eigenvalue weighted by Gasteiger charge is 2.31. The summed E-state index contributed by atoms with van der Waals surface area (Å²) in [6.07, 6.45) is 7.06. The molecule has 1 aliphatic carbocycles. The first-order valence-electron chi connectivity index (χ1n) is 8.07. The molecule has 2 rings (SSSR count). The highest BCUT2D eigenvalue weighted by molar-refractivity contribution is 5.59. The van der Waals surface area contributed by atoms with E-state index in [4.69, 9.17) is 4.74 Å². The Morgan fingerprint density at radius 1 is 1.19 bits per heavy atom. The number of rotatable bonds is 3. The zero-order valence-corrected chi connectivity index (χ0v) is 14.4. The van der Waals surface area contributed by atoms with E-state index >= 15 is 0 Å². The van der Waals surface area contributed by atoms with Crippen molar-refractivity contribution in [3.8, 4) is 5.75 Å². The van der Waals surface area contributed by atoms with Crippen molar-refractivity contribution in [1.29, 1.82) is 0 Å². The number of anilines is 1. The van der Waals surface area contributed by atoms with Crippen LogP contribution in [-0.4, -0.2) is 25.2 Å². The van der Waals surface area contributed by atoms with Crippen molar-refractivity contribution in [1.82, 2.24) is 4.98 Å². The van der Waals surface area contributed by atoms with Crippen LogP contribution < -0.4 is 9.64 Å². The van der Waals surface area contributed by atoms with Gasteiger partial charge in [0, 0.05) is 19.3 Å². The van der Waals surface area contributed by atoms with E-state index in [1.165, 1.54) is 31.4 Å². The summed E-state index contributed by atoms with van der Waals surface area (Å²) >= 11 is 0. The smallest absolute Gasteiger partial charge is 0.163 e. The van der Waals surface area contributed by atoms with Gasteiger partial charge in [0.2, 0.25) is 0 Å². The number of hydrogen-bond acceptors (Lipinski definition) is 3. The Balaban J connectivity index is 2.09. The molecule has 0 aliphatic heterocycles. The van der Waals surface area contributed by atoms with E-state index in [9.17, 15) is 0 Å². The van der Waals surface area contributed by atoms with E-state index in [0.717, 1.165) is 17.4 Å². The molecule has 0 radical (unpaired) electrons. The minimum Gasteiger partial charge on any atom is -0.493 e. The highest BCUT2D eigenvalue weighted by Crippen LogP contribution is 2.40. The Hall–Kier alpha value is -1.25. The van der Waals surface area contributed by atoms with Crippen molar-refractivity contribution in [2.45, 2.75) is 59.4 Å². The van der Waals surface area contributed by atoms with Crippen molar-refractivity contribution < 1.29 is 4.74 Å². The number of hydrogen-bond donors (Lipinski definition) is 0. The molecule has 1 saturated carbocycles. The third-order valence-corrected chi connectivity index (χ3v) is 5.12. The van der Waals surface area contributed by atoms with Crippen molar-refractivity contribution in [3.05, 3.63) is 18.0 Å². The van der Waals surface area contributed by atoms with Gasteiger partial charge in [0.1, 0.15) is 0 Å². The van der Waals surface area contributed by atoms with Crippen LogP contribution in [0.2, 0.25) is 0 Å². The highest BCUT2D eigenvalue weighted by atomic mass is 16.5. The van der Waals surface area contributed by atoms with E-state index in [0.29, 0.717) is 11.5 Å². The molecule has 0 atom stereocenters. The lowest BCUT2D eigenvalue weighted by molar-refractivity contribution is 0.168. The average molecular weight is 290 g/mol. The van der Waals surface area contributed by atoms with Gasteiger partial charge in [-0.05, 0) is 50.0 Å². The molecule has 21 heavy (non-hydrogen) atoms. The molecule has 1 aromatic heterocycles. The summed E-state index contributed by atoms with van der Waals surface area (Å²) < 4.78 is 5.56. The molecule has 0 aromatic carbocycles. The van der Waals surface area contributed by atoms with Crippen molar-refractivity contribution in [2.75, 3.05) is 19.1 Å². The van der Waals surface area contributed by atoms with E-state index in [1.54, 1.807) is 7.11 Å². The monoisotopic (exact) mass is 290 g/mol. The molecular formula is C18H30N2O. The summed E-state index contributed by atoms with van der Waals surface area (Å²) in [5, 5.41) is 0. The maximum atomic E-state index is 5.56. The summed E-state index contributed by atoms with van der Waals surface area (Å²) in [6, 6.07) is 2.68. The molecule has 1 aromatic rings. The van der Waals surface area contributed by atoms with Gasteiger partial charge in [0.05, 0.1) is 18.5 Å². The fourth-order valence-corrected chi connectivity index (χ4v) is 3.60. The first-order chi connectivity index (χ1) is 9.84. The first-order valence-corrected chi connectivity index (χ1v) is 8.07. The Morgan fingerprint density at radius 3 is 2.33 bits per heavy atom. The van der Waals surface area contributed by atoms with E-state index < -0.39 is 0 Å². The SMILES string of the molecule is COc1c(N(C)C2CCC(C(C)(C)C)CC2)ccnc1C. The second-order valence-corrected chi connectivity index (χ2v) is 7.43. The molecule has 0 amide bonds. The Bertz CT molecular complexity index is 471. The molecule has 1 heterocycles. The Kier molecular flexibility index (Phi) is 4.80. The van der Waals surface area contributed by atoms with Gasteiger partial charge in [0.25, 0.3) is 0 Å². The van der Waals surface area contributed by atoms with Crippen LogP contribution in [0.3, 0.4) is 0 Å². The van der Waals surface area contributed by atoms with E-state index in [-0.39, 0.29) is 0 Å². The minimum atomic E-state index is 0.439. The van der Waals surface area contributed by atoms with Gasteiger partial charge in [0.15, 0.2) is 5.75 Å². The predicted molar refractivity (Wildman–Crippen MR) is 89.1 cm³/mol. The quantitative estimate of drug-likeness (QED) is 0.823. The number of aromatic nitrogens is 1. The van der Waals surface area contributed by atoms with Crippen LogP contribution in [-0.2, 0) is 0 Å². The standard InChI is InChI=1S/C18H30N2O/c1-13-17(21-6)16(11-12-19-13)20(5)15-9-7-14(8-10-15)18(2,3)4/h11-12,14-15H,7-10H2,1-6H3. The third-order valence-electron chi connectivity index (χ3n) is 5.12. The molecule has 0 saturated heterocycles. The van der Waals surface area contributed by atoms with Crippen LogP contribution in [0.1, 0.15) is 52.1 Å². The van der Waals surface area contributed by atoms with Crippen LogP contribution >= 0.6 is 0 Å². The zero-order valence-electron chi connectivity index (χ0n) is 14.4. The predicted octanol–water partition coefficient (Wildman–Crippen LogP) is 4.44. The second kappa shape index (κ2) is 6.25. The lowest BCUT2D eigenvalue weighted by Gasteiger charge is -2.41. The van der Waals surface area contributed by atoms with Gasteiger partial charge in [-0.2, -0.15) is 0 Å². The fourth-order valence-electron chi connectivity index (χ4n) is 3.60. The van der Waals surface area contributed by atoms with Crippen LogP contribution in [0, 0.1) is 18.3 Å².